The summed E-state index contributed by atoms with van der Waals surface area (Å²) in [4.78, 5) is 0. The Morgan fingerprint density at radius 2 is 1.77 bits per heavy atom. The van der Waals surface area contributed by atoms with Crippen LogP contribution >= 0.6 is 0 Å². The number of hydrogen-bond acceptors (Lipinski definition) is 6. The first-order chi connectivity index (χ1) is 12.7. The number of ether oxygens (including phenoxy) is 2. The lowest BCUT2D eigenvalue weighted by atomic mass is 10.1. The van der Waals surface area contributed by atoms with Crippen molar-refractivity contribution in [2.45, 2.75) is 26.9 Å². The molecule has 0 aliphatic heterocycles. The first kappa shape index (κ1) is 17.5. The van der Waals surface area contributed by atoms with E-state index < -0.39 is 0 Å². The summed E-state index contributed by atoms with van der Waals surface area (Å²) in [7, 11) is 0. The molecule has 0 spiro atoms. The molecule has 0 bridgehead atoms. The van der Waals surface area contributed by atoms with E-state index in [0.29, 0.717) is 36.1 Å². The van der Waals surface area contributed by atoms with Gasteiger partial charge in [-0.2, -0.15) is 5.26 Å². The highest BCUT2D eigenvalue weighted by molar-refractivity contribution is 5.38. The molecule has 1 aromatic heterocycles. The van der Waals surface area contributed by atoms with E-state index in [1.165, 1.54) is 5.56 Å². The minimum absolute atomic E-state index is 0.177. The number of nitriles is 1. The summed E-state index contributed by atoms with van der Waals surface area (Å²) in [6, 6.07) is 14.9. The molecule has 0 saturated heterocycles. The quantitative estimate of drug-likeness (QED) is 0.646. The zero-order valence-electron chi connectivity index (χ0n) is 14.7. The van der Waals surface area contributed by atoms with E-state index >= 15 is 0 Å². The largest absolute Gasteiger partial charge is 0.493 e. The van der Waals surface area contributed by atoms with Crippen LogP contribution in [0.1, 0.15) is 28.5 Å². The molecule has 6 nitrogen and oxygen atoms in total. The van der Waals surface area contributed by atoms with Gasteiger partial charge >= 0.3 is 0 Å². The number of rotatable bonds is 7. The molecule has 0 fully saturated rings. The van der Waals surface area contributed by atoms with Crippen molar-refractivity contribution >= 4 is 0 Å². The average molecular weight is 349 g/mol. The normalized spacial score (nSPS) is 10.3. The zero-order chi connectivity index (χ0) is 18.4. The van der Waals surface area contributed by atoms with Crippen LogP contribution in [0, 0.1) is 25.2 Å². The van der Waals surface area contributed by atoms with Crippen LogP contribution in [0.3, 0.4) is 0 Å². The van der Waals surface area contributed by atoms with Crippen LogP contribution in [-0.2, 0) is 13.0 Å². The molecular weight excluding hydrogens is 330 g/mol. The van der Waals surface area contributed by atoms with Crippen molar-refractivity contribution in [3.63, 3.8) is 0 Å². The second-order valence-corrected chi connectivity index (χ2v) is 5.81. The maximum absolute atomic E-state index is 8.78. The highest BCUT2D eigenvalue weighted by atomic mass is 16.5. The molecule has 132 valence electrons. The smallest absolute Gasteiger partial charge is 0.253 e. The van der Waals surface area contributed by atoms with Gasteiger partial charge in [0.15, 0.2) is 6.61 Å². The lowest BCUT2D eigenvalue weighted by Gasteiger charge is -2.09. The Morgan fingerprint density at radius 3 is 2.54 bits per heavy atom. The van der Waals surface area contributed by atoms with Gasteiger partial charge in [0.2, 0.25) is 5.89 Å². The van der Waals surface area contributed by atoms with Crippen LogP contribution in [0.25, 0.3) is 0 Å². The molecule has 0 amide bonds. The van der Waals surface area contributed by atoms with Gasteiger partial charge in [0, 0.05) is 0 Å². The van der Waals surface area contributed by atoms with E-state index in [1.54, 1.807) is 24.3 Å². The molecule has 1 heterocycles. The monoisotopic (exact) mass is 349 g/mol. The fourth-order valence-corrected chi connectivity index (χ4v) is 2.35. The minimum atomic E-state index is 0.177. The summed E-state index contributed by atoms with van der Waals surface area (Å²) in [5.41, 5.74) is 2.92. The second-order valence-electron chi connectivity index (χ2n) is 5.81. The Balaban J connectivity index is 1.48. The third-order valence-electron chi connectivity index (χ3n) is 3.98. The topological polar surface area (TPSA) is 81.2 Å². The Labute approximate surface area is 152 Å². The summed E-state index contributed by atoms with van der Waals surface area (Å²) >= 11 is 0. The lowest BCUT2D eigenvalue weighted by Crippen LogP contribution is -2.03. The van der Waals surface area contributed by atoms with E-state index in [0.717, 1.165) is 11.3 Å². The number of aromatic nitrogens is 2. The maximum atomic E-state index is 8.78. The van der Waals surface area contributed by atoms with Crippen LogP contribution in [0.4, 0.5) is 0 Å². The predicted octanol–water partition coefficient (Wildman–Crippen LogP) is 3.76. The molecule has 2 aromatic carbocycles. The van der Waals surface area contributed by atoms with Gasteiger partial charge in [0.25, 0.3) is 5.89 Å². The molecule has 0 atom stereocenters. The molecule has 26 heavy (non-hydrogen) atoms. The van der Waals surface area contributed by atoms with Crippen molar-refractivity contribution in [1.82, 2.24) is 10.2 Å². The number of benzene rings is 2. The number of hydrogen-bond donors (Lipinski definition) is 0. The predicted molar refractivity (Wildman–Crippen MR) is 94.9 cm³/mol. The second kappa shape index (κ2) is 8.17. The van der Waals surface area contributed by atoms with Crippen molar-refractivity contribution in [2.75, 3.05) is 6.61 Å². The molecule has 0 radical (unpaired) electrons. The van der Waals surface area contributed by atoms with Gasteiger partial charge in [-0.15, -0.1) is 10.2 Å². The SMILES string of the molecule is Cc1cccc(OCCc2nnc(COc3ccc(C#N)cc3)o2)c1C. The molecular formula is C20H19N3O3. The van der Waals surface area contributed by atoms with E-state index in [-0.39, 0.29) is 6.61 Å². The summed E-state index contributed by atoms with van der Waals surface area (Å²) in [5, 5.41) is 16.8. The minimum Gasteiger partial charge on any atom is -0.493 e. The fourth-order valence-electron chi connectivity index (χ4n) is 2.35. The van der Waals surface area contributed by atoms with Gasteiger partial charge in [-0.05, 0) is 55.3 Å². The molecule has 0 aliphatic rings. The van der Waals surface area contributed by atoms with Gasteiger partial charge in [0.05, 0.1) is 24.7 Å². The Hall–Kier alpha value is -3.33. The van der Waals surface area contributed by atoms with Crippen LogP contribution in [0.5, 0.6) is 11.5 Å². The van der Waals surface area contributed by atoms with Crippen molar-refractivity contribution in [3.05, 3.63) is 70.9 Å². The third-order valence-corrected chi connectivity index (χ3v) is 3.98. The summed E-state index contributed by atoms with van der Waals surface area (Å²) < 4.78 is 16.9. The van der Waals surface area contributed by atoms with Gasteiger partial charge < -0.3 is 13.9 Å². The number of aryl methyl sites for hydroxylation is 1. The van der Waals surface area contributed by atoms with E-state index in [9.17, 15) is 0 Å². The maximum Gasteiger partial charge on any atom is 0.253 e. The van der Waals surface area contributed by atoms with Gasteiger partial charge in [-0.3, -0.25) is 0 Å². The van der Waals surface area contributed by atoms with Gasteiger partial charge in [0.1, 0.15) is 11.5 Å². The lowest BCUT2D eigenvalue weighted by molar-refractivity contribution is 0.253. The number of nitrogens with zero attached hydrogens (tertiary/aromatic N) is 3. The van der Waals surface area contributed by atoms with Crippen molar-refractivity contribution in [1.29, 1.82) is 5.26 Å². The van der Waals surface area contributed by atoms with Crippen LogP contribution in [0.2, 0.25) is 0 Å². The van der Waals surface area contributed by atoms with Gasteiger partial charge in [-0.1, -0.05) is 12.1 Å². The first-order valence-electron chi connectivity index (χ1n) is 8.29. The molecule has 0 saturated carbocycles. The summed E-state index contributed by atoms with van der Waals surface area (Å²) in [6.45, 7) is 4.73. The van der Waals surface area contributed by atoms with E-state index in [1.807, 2.05) is 19.1 Å². The highest BCUT2D eigenvalue weighted by Crippen LogP contribution is 2.20. The average Bonchev–Trinajstić information content (AvgIpc) is 3.12. The first-order valence-corrected chi connectivity index (χ1v) is 8.29. The van der Waals surface area contributed by atoms with Crippen LogP contribution in [-0.4, -0.2) is 16.8 Å². The van der Waals surface area contributed by atoms with Crippen molar-refractivity contribution in [3.8, 4) is 17.6 Å². The Morgan fingerprint density at radius 1 is 1.00 bits per heavy atom. The Bertz CT molecular complexity index is 911. The third kappa shape index (κ3) is 4.39. The van der Waals surface area contributed by atoms with Crippen LogP contribution < -0.4 is 9.47 Å². The molecule has 6 heteroatoms. The van der Waals surface area contributed by atoms with Crippen molar-refractivity contribution in [2.24, 2.45) is 0 Å². The molecule has 0 aliphatic carbocycles. The van der Waals surface area contributed by atoms with Gasteiger partial charge in [-0.25, -0.2) is 0 Å². The van der Waals surface area contributed by atoms with E-state index in [2.05, 4.69) is 29.3 Å². The zero-order valence-corrected chi connectivity index (χ0v) is 14.7. The molecule has 3 rings (SSSR count). The van der Waals surface area contributed by atoms with Crippen molar-refractivity contribution < 1.29 is 13.9 Å². The fraction of sp³-hybridized carbons (Fsp3) is 0.250. The standard InChI is InChI=1S/C20H19N3O3/c1-14-4-3-5-18(15(14)2)24-11-10-19-22-23-20(26-19)13-25-17-8-6-16(12-21)7-9-17/h3-9H,10-11,13H2,1-2H3. The summed E-state index contributed by atoms with van der Waals surface area (Å²) in [5.74, 6) is 2.42. The summed E-state index contributed by atoms with van der Waals surface area (Å²) in [6.07, 6.45) is 0.525. The molecule has 0 N–H and O–H groups in total. The van der Waals surface area contributed by atoms with E-state index in [4.69, 9.17) is 19.2 Å². The highest BCUT2D eigenvalue weighted by Gasteiger charge is 2.08. The van der Waals surface area contributed by atoms with Crippen LogP contribution in [0.15, 0.2) is 46.9 Å². The molecule has 3 aromatic rings. The molecule has 0 unspecified atom stereocenters. The Kier molecular flexibility index (Phi) is 5.49.